The Morgan fingerprint density at radius 2 is 2.33 bits per heavy atom. The van der Waals surface area contributed by atoms with Crippen molar-refractivity contribution in [3.05, 3.63) is 0 Å². The van der Waals surface area contributed by atoms with Crippen molar-refractivity contribution in [2.75, 3.05) is 13.6 Å². The summed E-state index contributed by atoms with van der Waals surface area (Å²) in [5.41, 5.74) is 5.51. The molecule has 1 unspecified atom stereocenters. The van der Waals surface area contributed by atoms with Crippen LogP contribution in [-0.2, 0) is 0 Å². The van der Waals surface area contributed by atoms with E-state index in [4.69, 9.17) is 10.9 Å². The average molecular weight is 214 g/mol. The van der Waals surface area contributed by atoms with Crippen LogP contribution in [0, 0.1) is 5.92 Å². The van der Waals surface area contributed by atoms with Gasteiger partial charge < -0.3 is 21.2 Å². The summed E-state index contributed by atoms with van der Waals surface area (Å²) >= 11 is 0. The lowest BCUT2D eigenvalue weighted by Gasteiger charge is -2.21. The molecule has 1 rings (SSSR count). The summed E-state index contributed by atoms with van der Waals surface area (Å²) in [7, 11) is 1.70. The van der Waals surface area contributed by atoms with Gasteiger partial charge in [-0.3, -0.25) is 0 Å². The summed E-state index contributed by atoms with van der Waals surface area (Å²) in [5.74, 6) is 0.394. The lowest BCUT2D eigenvalue weighted by Crippen LogP contribution is -2.50. The van der Waals surface area contributed by atoms with Gasteiger partial charge in [0.2, 0.25) is 0 Å². The molecule has 0 aromatic carbocycles. The lowest BCUT2D eigenvalue weighted by atomic mass is 10.2. The SMILES string of the molecule is CCN(C)C(=O)NC(C(N)=NO)C1CC1. The van der Waals surface area contributed by atoms with Gasteiger partial charge in [-0.25, -0.2) is 4.79 Å². The van der Waals surface area contributed by atoms with Crippen LogP contribution in [0.4, 0.5) is 4.79 Å². The fourth-order valence-corrected chi connectivity index (χ4v) is 1.31. The predicted molar refractivity (Wildman–Crippen MR) is 56.8 cm³/mol. The first-order chi connectivity index (χ1) is 7.10. The number of nitrogens with two attached hydrogens (primary N) is 1. The van der Waals surface area contributed by atoms with Gasteiger partial charge in [-0.05, 0) is 25.7 Å². The molecular weight excluding hydrogens is 196 g/mol. The van der Waals surface area contributed by atoms with E-state index in [1.807, 2.05) is 6.92 Å². The van der Waals surface area contributed by atoms with E-state index >= 15 is 0 Å². The molecule has 15 heavy (non-hydrogen) atoms. The van der Waals surface area contributed by atoms with Gasteiger partial charge in [0, 0.05) is 13.6 Å². The maximum absolute atomic E-state index is 11.6. The number of oxime groups is 1. The Kier molecular flexibility index (Phi) is 3.76. The monoisotopic (exact) mass is 214 g/mol. The van der Waals surface area contributed by atoms with Gasteiger partial charge in [-0.2, -0.15) is 0 Å². The average Bonchev–Trinajstić information content (AvgIpc) is 3.07. The number of amidine groups is 1. The first kappa shape index (κ1) is 11.6. The highest BCUT2D eigenvalue weighted by Crippen LogP contribution is 2.32. The van der Waals surface area contributed by atoms with Gasteiger partial charge in [-0.1, -0.05) is 5.16 Å². The zero-order valence-electron chi connectivity index (χ0n) is 9.10. The van der Waals surface area contributed by atoms with Crippen LogP contribution < -0.4 is 11.1 Å². The molecule has 0 heterocycles. The Hall–Kier alpha value is -1.46. The third-order valence-electron chi connectivity index (χ3n) is 2.63. The highest BCUT2D eigenvalue weighted by Gasteiger charge is 2.35. The summed E-state index contributed by atoms with van der Waals surface area (Å²) < 4.78 is 0. The molecule has 1 aliphatic carbocycles. The molecule has 0 aromatic rings. The molecule has 6 heteroatoms. The Balaban J connectivity index is 2.55. The molecule has 86 valence electrons. The number of hydrogen-bond acceptors (Lipinski definition) is 3. The number of carbonyl (C=O) groups excluding carboxylic acids is 1. The van der Waals surface area contributed by atoms with Crippen LogP contribution in [0.2, 0.25) is 0 Å². The number of nitrogens with zero attached hydrogens (tertiary/aromatic N) is 2. The quantitative estimate of drug-likeness (QED) is 0.270. The van der Waals surface area contributed by atoms with E-state index in [-0.39, 0.29) is 17.9 Å². The van der Waals surface area contributed by atoms with Crippen molar-refractivity contribution in [1.29, 1.82) is 0 Å². The fraction of sp³-hybridized carbons (Fsp3) is 0.778. The molecule has 0 bridgehead atoms. The molecule has 1 atom stereocenters. The molecule has 1 aliphatic rings. The first-order valence-electron chi connectivity index (χ1n) is 5.09. The largest absolute Gasteiger partial charge is 0.409 e. The molecule has 2 amide bonds. The van der Waals surface area contributed by atoms with Crippen molar-refractivity contribution in [1.82, 2.24) is 10.2 Å². The minimum Gasteiger partial charge on any atom is -0.409 e. The Morgan fingerprint density at radius 1 is 1.73 bits per heavy atom. The number of urea groups is 1. The van der Waals surface area contributed by atoms with Crippen molar-refractivity contribution < 1.29 is 10.0 Å². The molecular formula is C9H18N4O2. The summed E-state index contributed by atoms with van der Waals surface area (Å²) in [4.78, 5) is 13.1. The van der Waals surface area contributed by atoms with Gasteiger partial charge in [0.1, 0.15) is 0 Å². The van der Waals surface area contributed by atoms with Gasteiger partial charge in [0.15, 0.2) is 5.84 Å². The summed E-state index contributed by atoms with van der Waals surface area (Å²) in [6, 6.07) is -0.530. The van der Waals surface area contributed by atoms with Crippen LogP contribution in [-0.4, -0.2) is 41.6 Å². The minimum atomic E-state index is -0.337. The zero-order chi connectivity index (χ0) is 11.4. The van der Waals surface area contributed by atoms with Gasteiger partial charge in [0.05, 0.1) is 6.04 Å². The minimum absolute atomic E-state index is 0.0790. The lowest BCUT2D eigenvalue weighted by molar-refractivity contribution is 0.208. The highest BCUT2D eigenvalue weighted by molar-refractivity contribution is 5.90. The zero-order valence-corrected chi connectivity index (χ0v) is 9.10. The van der Waals surface area contributed by atoms with Gasteiger partial charge >= 0.3 is 6.03 Å². The van der Waals surface area contributed by atoms with Gasteiger partial charge in [-0.15, -0.1) is 0 Å². The van der Waals surface area contributed by atoms with Crippen molar-refractivity contribution in [3.8, 4) is 0 Å². The van der Waals surface area contributed by atoms with Crippen molar-refractivity contribution in [2.24, 2.45) is 16.8 Å². The Bertz CT molecular complexity index is 263. The van der Waals surface area contributed by atoms with Crippen LogP contribution in [0.15, 0.2) is 5.16 Å². The second kappa shape index (κ2) is 4.86. The Morgan fingerprint density at radius 3 is 2.73 bits per heavy atom. The van der Waals surface area contributed by atoms with Crippen LogP contribution in [0.1, 0.15) is 19.8 Å². The maximum atomic E-state index is 11.6. The van der Waals surface area contributed by atoms with E-state index in [1.165, 1.54) is 0 Å². The summed E-state index contributed by atoms with van der Waals surface area (Å²) in [5, 5.41) is 14.3. The molecule has 0 spiro atoms. The maximum Gasteiger partial charge on any atom is 0.317 e. The molecule has 6 nitrogen and oxygen atoms in total. The predicted octanol–water partition coefficient (Wildman–Crippen LogP) is 0.173. The Labute approximate surface area is 89.1 Å². The number of amides is 2. The first-order valence-corrected chi connectivity index (χ1v) is 5.09. The number of carbonyl (C=O) groups is 1. The van der Waals surface area contributed by atoms with E-state index in [1.54, 1.807) is 11.9 Å². The molecule has 0 radical (unpaired) electrons. The van der Waals surface area contributed by atoms with Crippen LogP contribution in [0.5, 0.6) is 0 Å². The smallest absolute Gasteiger partial charge is 0.317 e. The summed E-state index contributed by atoms with van der Waals surface area (Å²) in [6.07, 6.45) is 2.02. The van der Waals surface area contributed by atoms with E-state index < -0.39 is 0 Å². The normalized spacial score (nSPS) is 18.4. The van der Waals surface area contributed by atoms with E-state index in [0.717, 1.165) is 12.8 Å². The third-order valence-corrected chi connectivity index (χ3v) is 2.63. The van der Waals surface area contributed by atoms with Crippen LogP contribution >= 0.6 is 0 Å². The molecule has 1 saturated carbocycles. The number of rotatable bonds is 4. The van der Waals surface area contributed by atoms with E-state index in [0.29, 0.717) is 12.5 Å². The fourth-order valence-electron chi connectivity index (χ4n) is 1.31. The molecule has 0 saturated heterocycles. The topological polar surface area (TPSA) is 91.0 Å². The summed E-state index contributed by atoms with van der Waals surface area (Å²) in [6.45, 7) is 2.51. The van der Waals surface area contributed by atoms with Crippen LogP contribution in [0.25, 0.3) is 0 Å². The van der Waals surface area contributed by atoms with E-state index in [9.17, 15) is 4.79 Å². The van der Waals surface area contributed by atoms with E-state index in [2.05, 4.69) is 10.5 Å². The van der Waals surface area contributed by atoms with Crippen LogP contribution in [0.3, 0.4) is 0 Å². The second-order valence-electron chi connectivity index (χ2n) is 3.80. The molecule has 4 N–H and O–H groups in total. The molecule has 0 aromatic heterocycles. The van der Waals surface area contributed by atoms with Crippen molar-refractivity contribution in [3.63, 3.8) is 0 Å². The number of nitrogens with one attached hydrogen (secondary N) is 1. The highest BCUT2D eigenvalue weighted by atomic mass is 16.4. The molecule has 1 fully saturated rings. The second-order valence-corrected chi connectivity index (χ2v) is 3.80. The molecule has 0 aliphatic heterocycles. The van der Waals surface area contributed by atoms with Crippen molar-refractivity contribution in [2.45, 2.75) is 25.8 Å². The van der Waals surface area contributed by atoms with Gasteiger partial charge in [0.25, 0.3) is 0 Å². The third kappa shape index (κ3) is 3.00. The standard InChI is InChI=1S/C9H18N4O2/c1-3-13(2)9(14)11-7(6-4-5-6)8(10)12-15/h6-7,15H,3-5H2,1-2H3,(H2,10,12)(H,11,14). The van der Waals surface area contributed by atoms with Crippen molar-refractivity contribution >= 4 is 11.9 Å². The number of hydrogen-bond donors (Lipinski definition) is 3.